The summed E-state index contributed by atoms with van der Waals surface area (Å²) in [5.41, 5.74) is 1.58. The van der Waals surface area contributed by atoms with Crippen molar-refractivity contribution in [1.82, 2.24) is 0 Å². The number of rotatable bonds is 6. The highest BCUT2D eigenvalue weighted by Crippen LogP contribution is 2.39. The van der Waals surface area contributed by atoms with Gasteiger partial charge >= 0.3 is 13.1 Å². The predicted molar refractivity (Wildman–Crippen MR) is 102 cm³/mol. The predicted octanol–water partition coefficient (Wildman–Crippen LogP) is 3.27. The number of methoxy groups -OCH3 is 1. The molecule has 1 heterocycles. The fourth-order valence-electron chi connectivity index (χ4n) is 2.56. The number of carbonyl (C=O) groups is 1. The molecule has 7 heteroatoms. The third-order valence-electron chi connectivity index (χ3n) is 4.74. The van der Waals surface area contributed by atoms with E-state index in [1.165, 1.54) is 7.11 Å². The second-order valence-electron chi connectivity index (χ2n) is 7.11. The van der Waals surface area contributed by atoms with Gasteiger partial charge in [-0.3, -0.25) is 4.79 Å². The number of benzene rings is 1. The summed E-state index contributed by atoms with van der Waals surface area (Å²) in [7, 11) is 1.06. The Balaban J connectivity index is 2.30. The number of hydrogen-bond donors (Lipinski definition) is 2. The summed E-state index contributed by atoms with van der Waals surface area (Å²) in [5, 5.41) is 8.97. The van der Waals surface area contributed by atoms with Crippen LogP contribution < -0.4 is 4.74 Å². The van der Waals surface area contributed by atoms with Crippen LogP contribution in [-0.4, -0.2) is 42.3 Å². The Hall–Kier alpha value is -1.44. The normalized spacial score (nSPS) is 19.1. The quantitative estimate of drug-likeness (QED) is 0.599. The van der Waals surface area contributed by atoms with Gasteiger partial charge in [0, 0.05) is 11.3 Å². The van der Waals surface area contributed by atoms with Crippen molar-refractivity contribution in [2.24, 2.45) is 0 Å². The Bertz CT molecular complexity index is 668. The van der Waals surface area contributed by atoms with Crippen molar-refractivity contribution >= 4 is 31.8 Å². The van der Waals surface area contributed by atoms with Gasteiger partial charge < -0.3 is 19.2 Å². The summed E-state index contributed by atoms with van der Waals surface area (Å²) in [4.78, 5) is 10.9. The molecule has 0 aliphatic carbocycles. The first-order valence-corrected chi connectivity index (χ1v) is 8.78. The molecule has 5 nitrogen and oxygen atoms in total. The lowest BCUT2D eigenvalue weighted by atomic mass is 9.78. The van der Waals surface area contributed by atoms with Gasteiger partial charge in [-0.05, 0) is 44.8 Å². The maximum absolute atomic E-state index is 10.9. The lowest BCUT2D eigenvalue weighted by molar-refractivity contribution is -0.136. The molecule has 1 aromatic carbocycles. The van der Waals surface area contributed by atoms with Gasteiger partial charge in [0.25, 0.3) is 0 Å². The topological polar surface area (TPSA) is 65.0 Å². The third kappa shape index (κ3) is 4.40. The van der Waals surface area contributed by atoms with Crippen LogP contribution in [0, 0.1) is 0 Å². The van der Waals surface area contributed by atoms with E-state index in [4.69, 9.17) is 19.2 Å². The zero-order chi connectivity index (χ0) is 18.8. The summed E-state index contributed by atoms with van der Waals surface area (Å²) in [6.45, 7) is 8.03. The van der Waals surface area contributed by atoms with E-state index in [1.807, 2.05) is 45.9 Å². The molecule has 2 rings (SSSR count). The summed E-state index contributed by atoms with van der Waals surface area (Å²) >= 11 is 4.41. The van der Waals surface area contributed by atoms with Gasteiger partial charge in [0.1, 0.15) is 5.75 Å². The van der Waals surface area contributed by atoms with Crippen LogP contribution in [0.15, 0.2) is 23.7 Å². The standard InChI is InChI=1S/C18H25BO5S/c1-17(2)18(3,4)24-19(23-17)14(11-25)8-12-6-7-13(10-16(20)21)15(9-12)22-5/h6-9,25H,10-11H2,1-5H3,(H,20,21). The Labute approximate surface area is 154 Å². The number of hydrogen-bond acceptors (Lipinski definition) is 5. The molecule has 0 radical (unpaired) electrons. The van der Waals surface area contributed by atoms with E-state index in [-0.39, 0.29) is 6.42 Å². The highest BCUT2D eigenvalue weighted by atomic mass is 32.1. The van der Waals surface area contributed by atoms with Crippen LogP contribution in [-0.2, 0) is 20.5 Å². The molecule has 0 unspecified atom stereocenters. The molecule has 0 saturated carbocycles. The molecule has 1 fully saturated rings. The minimum atomic E-state index is -0.894. The molecule has 0 spiro atoms. The second kappa shape index (κ2) is 7.44. The van der Waals surface area contributed by atoms with Crippen molar-refractivity contribution < 1.29 is 23.9 Å². The van der Waals surface area contributed by atoms with Crippen molar-refractivity contribution in [3.8, 4) is 5.75 Å². The van der Waals surface area contributed by atoms with E-state index in [0.717, 1.165) is 11.0 Å². The molecular weight excluding hydrogens is 339 g/mol. The molecule has 0 aromatic heterocycles. The van der Waals surface area contributed by atoms with Crippen molar-refractivity contribution in [2.75, 3.05) is 12.9 Å². The second-order valence-corrected chi connectivity index (χ2v) is 7.42. The summed E-state index contributed by atoms with van der Waals surface area (Å²) in [6.07, 6.45) is 1.87. The van der Waals surface area contributed by atoms with Crippen LogP contribution >= 0.6 is 12.6 Å². The first-order chi connectivity index (χ1) is 11.6. The van der Waals surface area contributed by atoms with Crippen molar-refractivity contribution in [2.45, 2.75) is 45.3 Å². The molecule has 136 valence electrons. The Morgan fingerprint density at radius 2 is 1.88 bits per heavy atom. The Morgan fingerprint density at radius 1 is 1.28 bits per heavy atom. The van der Waals surface area contributed by atoms with Gasteiger partial charge in [0.05, 0.1) is 24.7 Å². The van der Waals surface area contributed by atoms with Crippen LogP contribution in [0.2, 0.25) is 0 Å². The van der Waals surface area contributed by atoms with Crippen LogP contribution in [0.3, 0.4) is 0 Å². The molecule has 0 bridgehead atoms. The van der Waals surface area contributed by atoms with Crippen LogP contribution in [0.4, 0.5) is 0 Å². The minimum absolute atomic E-state index is 0.0795. The number of carboxylic acid groups (broad SMARTS) is 1. The maximum Gasteiger partial charge on any atom is 0.491 e. The van der Waals surface area contributed by atoms with Gasteiger partial charge in [-0.2, -0.15) is 12.6 Å². The van der Waals surface area contributed by atoms with E-state index in [2.05, 4.69) is 12.6 Å². The minimum Gasteiger partial charge on any atom is -0.496 e. The first-order valence-electron chi connectivity index (χ1n) is 8.15. The van der Waals surface area contributed by atoms with Crippen molar-refractivity contribution in [3.05, 3.63) is 34.8 Å². The van der Waals surface area contributed by atoms with Gasteiger partial charge in [0.15, 0.2) is 0 Å². The summed E-state index contributed by atoms with van der Waals surface area (Å²) in [6, 6.07) is 5.43. The number of carboxylic acids is 1. The largest absolute Gasteiger partial charge is 0.496 e. The van der Waals surface area contributed by atoms with Gasteiger partial charge in [0.2, 0.25) is 0 Å². The van der Waals surface area contributed by atoms with Gasteiger partial charge in [-0.25, -0.2) is 0 Å². The van der Waals surface area contributed by atoms with E-state index in [9.17, 15) is 4.79 Å². The zero-order valence-corrected chi connectivity index (χ0v) is 16.2. The van der Waals surface area contributed by atoms with E-state index >= 15 is 0 Å². The zero-order valence-electron chi connectivity index (χ0n) is 15.3. The maximum atomic E-state index is 10.9. The van der Waals surface area contributed by atoms with Crippen LogP contribution in [0.25, 0.3) is 6.08 Å². The van der Waals surface area contributed by atoms with E-state index in [0.29, 0.717) is 17.1 Å². The average molecular weight is 364 g/mol. The number of aliphatic carboxylic acids is 1. The molecule has 1 N–H and O–H groups in total. The molecular formula is C18H25BO5S. The molecule has 1 aliphatic rings. The summed E-state index contributed by atoms with van der Waals surface area (Å²) in [5.74, 6) is 0.133. The van der Waals surface area contributed by atoms with E-state index < -0.39 is 24.3 Å². The Kier molecular flexibility index (Phi) is 5.91. The fraction of sp³-hybridized carbons (Fsp3) is 0.500. The fourth-order valence-corrected chi connectivity index (χ4v) is 2.80. The van der Waals surface area contributed by atoms with Gasteiger partial charge in [-0.1, -0.05) is 18.2 Å². The molecule has 0 atom stereocenters. The summed E-state index contributed by atoms with van der Waals surface area (Å²) < 4.78 is 17.5. The SMILES string of the molecule is COc1cc(C=C(CS)B2OC(C)(C)C(C)(C)O2)ccc1CC(=O)O. The first kappa shape index (κ1) is 19.9. The smallest absolute Gasteiger partial charge is 0.491 e. The number of ether oxygens (including phenoxy) is 1. The molecule has 25 heavy (non-hydrogen) atoms. The van der Waals surface area contributed by atoms with Crippen LogP contribution in [0.5, 0.6) is 5.75 Å². The third-order valence-corrected chi connectivity index (χ3v) is 5.11. The van der Waals surface area contributed by atoms with Crippen molar-refractivity contribution in [3.63, 3.8) is 0 Å². The number of thiol groups is 1. The lowest BCUT2D eigenvalue weighted by Gasteiger charge is -2.32. The molecule has 0 amide bonds. The highest BCUT2D eigenvalue weighted by molar-refractivity contribution is 7.80. The Morgan fingerprint density at radius 3 is 2.36 bits per heavy atom. The van der Waals surface area contributed by atoms with Crippen molar-refractivity contribution in [1.29, 1.82) is 0 Å². The monoisotopic (exact) mass is 364 g/mol. The van der Waals surface area contributed by atoms with E-state index in [1.54, 1.807) is 6.07 Å². The average Bonchev–Trinajstić information content (AvgIpc) is 2.73. The van der Waals surface area contributed by atoms with Gasteiger partial charge in [-0.15, -0.1) is 0 Å². The lowest BCUT2D eigenvalue weighted by Crippen LogP contribution is -2.41. The molecule has 1 aromatic rings. The molecule has 1 saturated heterocycles. The van der Waals surface area contributed by atoms with Crippen LogP contribution in [0.1, 0.15) is 38.8 Å². The molecule has 1 aliphatic heterocycles. The highest BCUT2D eigenvalue weighted by Gasteiger charge is 2.52.